The molecule has 0 aliphatic carbocycles. The van der Waals surface area contributed by atoms with Gasteiger partial charge in [-0.3, -0.25) is 9.08 Å². The molecule has 0 spiro atoms. The molecule has 2 aromatic rings. The Morgan fingerprint density at radius 3 is 2.42 bits per heavy atom. The van der Waals surface area contributed by atoms with E-state index in [0.717, 1.165) is 17.4 Å². The molecular formula is C19H21NO5S. The van der Waals surface area contributed by atoms with E-state index in [-0.39, 0.29) is 6.61 Å². The second-order valence-electron chi connectivity index (χ2n) is 6.39. The van der Waals surface area contributed by atoms with Crippen LogP contribution in [0.25, 0.3) is 0 Å². The number of hydrogen-bond acceptors (Lipinski definition) is 5. The quantitative estimate of drug-likeness (QED) is 0.726. The monoisotopic (exact) mass is 375 g/mol. The van der Waals surface area contributed by atoms with E-state index in [4.69, 9.17) is 8.92 Å². The normalized spacial score (nSPS) is 18.6. The highest BCUT2D eigenvalue weighted by molar-refractivity contribution is 7.86. The van der Waals surface area contributed by atoms with Gasteiger partial charge in [-0.05, 0) is 18.1 Å². The van der Waals surface area contributed by atoms with E-state index in [2.05, 4.69) is 0 Å². The maximum absolute atomic E-state index is 12.2. The van der Waals surface area contributed by atoms with Crippen molar-refractivity contribution in [2.45, 2.75) is 25.6 Å². The lowest BCUT2D eigenvalue weighted by Gasteiger charge is -2.28. The zero-order valence-corrected chi connectivity index (χ0v) is 15.5. The highest BCUT2D eigenvalue weighted by atomic mass is 32.2. The molecule has 2 aromatic carbocycles. The fraction of sp³-hybridized carbons (Fsp3) is 0.316. The molecule has 0 N–H and O–H groups in total. The number of benzene rings is 2. The predicted molar refractivity (Wildman–Crippen MR) is 97.0 cm³/mol. The largest absolute Gasteiger partial charge is 0.447 e. The number of cyclic esters (lactones) is 1. The van der Waals surface area contributed by atoms with Crippen molar-refractivity contribution in [1.29, 1.82) is 0 Å². The summed E-state index contributed by atoms with van der Waals surface area (Å²) in [4.78, 5) is 13.8. The van der Waals surface area contributed by atoms with Gasteiger partial charge in [0.05, 0.1) is 6.26 Å². The first kappa shape index (κ1) is 18.4. The Morgan fingerprint density at radius 2 is 1.81 bits per heavy atom. The highest BCUT2D eigenvalue weighted by Crippen LogP contribution is 2.32. The Hall–Kier alpha value is -2.38. The summed E-state index contributed by atoms with van der Waals surface area (Å²) in [6, 6.07) is 16.3. The molecule has 1 fully saturated rings. The van der Waals surface area contributed by atoms with Crippen molar-refractivity contribution < 1.29 is 22.1 Å². The van der Waals surface area contributed by atoms with Crippen LogP contribution in [-0.2, 0) is 25.6 Å². The topological polar surface area (TPSA) is 72.9 Å². The van der Waals surface area contributed by atoms with Crippen molar-refractivity contribution in [3.05, 3.63) is 71.3 Å². The molecule has 1 saturated heterocycles. The van der Waals surface area contributed by atoms with E-state index < -0.39 is 28.4 Å². The van der Waals surface area contributed by atoms with Crippen LogP contribution < -0.4 is 0 Å². The summed E-state index contributed by atoms with van der Waals surface area (Å²) in [7, 11) is -3.73. The Kier molecular flexibility index (Phi) is 5.29. The third-order valence-electron chi connectivity index (χ3n) is 4.24. The second-order valence-corrected chi connectivity index (χ2v) is 7.99. The van der Waals surface area contributed by atoms with Crippen LogP contribution >= 0.6 is 0 Å². The first-order chi connectivity index (χ1) is 12.3. The zero-order chi connectivity index (χ0) is 18.7. The number of carbonyl (C=O) groups excluding carboxylic acids is 1. The molecule has 2 atom stereocenters. The van der Waals surface area contributed by atoms with Crippen molar-refractivity contribution in [3.8, 4) is 0 Å². The Balaban J connectivity index is 1.93. The third-order valence-corrected chi connectivity index (χ3v) is 4.80. The number of rotatable bonds is 6. The molecule has 138 valence electrons. The van der Waals surface area contributed by atoms with Gasteiger partial charge in [0.25, 0.3) is 10.1 Å². The van der Waals surface area contributed by atoms with Gasteiger partial charge < -0.3 is 4.74 Å². The molecule has 0 bridgehead atoms. The number of nitrogens with zero attached hydrogens (tertiary/aromatic N) is 1. The molecule has 1 heterocycles. The van der Waals surface area contributed by atoms with Crippen molar-refractivity contribution in [1.82, 2.24) is 4.90 Å². The Bertz CT molecular complexity index is 865. The van der Waals surface area contributed by atoms with Crippen LogP contribution in [0.3, 0.4) is 0 Å². The molecule has 6 nitrogen and oxygen atoms in total. The van der Waals surface area contributed by atoms with Gasteiger partial charge in [0.2, 0.25) is 0 Å². The minimum atomic E-state index is -3.73. The molecule has 1 amide bonds. The molecule has 0 aromatic heterocycles. The van der Waals surface area contributed by atoms with Crippen LogP contribution in [0, 0.1) is 6.92 Å². The first-order valence-electron chi connectivity index (χ1n) is 8.25. The summed E-state index contributed by atoms with van der Waals surface area (Å²) in [6.45, 7) is 2.33. The van der Waals surface area contributed by atoms with Crippen LogP contribution in [0.2, 0.25) is 0 Å². The van der Waals surface area contributed by atoms with Crippen LogP contribution in [0.4, 0.5) is 4.79 Å². The van der Waals surface area contributed by atoms with Gasteiger partial charge in [-0.15, -0.1) is 0 Å². The Labute approximate surface area is 153 Å². The highest BCUT2D eigenvalue weighted by Gasteiger charge is 2.41. The lowest BCUT2D eigenvalue weighted by Crippen LogP contribution is -2.39. The molecule has 1 aliphatic rings. The van der Waals surface area contributed by atoms with Gasteiger partial charge in [0.15, 0.2) is 0 Å². The third kappa shape index (κ3) is 4.42. The number of hydrogen-bond donors (Lipinski definition) is 0. The van der Waals surface area contributed by atoms with E-state index in [9.17, 15) is 13.2 Å². The maximum Gasteiger partial charge on any atom is 0.410 e. The fourth-order valence-corrected chi connectivity index (χ4v) is 3.58. The lowest BCUT2D eigenvalue weighted by atomic mass is 10.0. The Morgan fingerprint density at radius 1 is 1.15 bits per heavy atom. The first-order valence-corrected chi connectivity index (χ1v) is 10.1. The van der Waals surface area contributed by atoms with Gasteiger partial charge in [0.1, 0.15) is 18.8 Å². The molecule has 1 aliphatic heterocycles. The van der Waals surface area contributed by atoms with Crippen LogP contribution in [-0.4, -0.2) is 38.3 Å². The number of aryl methyl sites for hydroxylation is 1. The second kappa shape index (κ2) is 7.47. The molecule has 0 saturated carbocycles. The van der Waals surface area contributed by atoms with E-state index >= 15 is 0 Å². The summed E-state index contributed by atoms with van der Waals surface area (Å²) in [5.74, 6) is 0. The smallest absolute Gasteiger partial charge is 0.410 e. The molecule has 26 heavy (non-hydrogen) atoms. The van der Waals surface area contributed by atoms with Gasteiger partial charge in [-0.2, -0.15) is 8.42 Å². The van der Waals surface area contributed by atoms with Crippen molar-refractivity contribution in [3.63, 3.8) is 0 Å². The molecule has 3 rings (SSSR count). The summed E-state index contributed by atoms with van der Waals surface area (Å²) in [6.07, 6.45) is -0.304. The summed E-state index contributed by atoms with van der Waals surface area (Å²) in [5.41, 5.74) is 2.66. The number of amides is 1. The summed E-state index contributed by atoms with van der Waals surface area (Å²) >= 11 is 0. The van der Waals surface area contributed by atoms with E-state index in [1.54, 1.807) is 0 Å². The molecule has 0 radical (unpaired) electrons. The van der Waals surface area contributed by atoms with Gasteiger partial charge in [-0.25, -0.2) is 4.79 Å². The average Bonchev–Trinajstić information content (AvgIpc) is 2.94. The zero-order valence-electron chi connectivity index (χ0n) is 14.7. The SMILES string of the molecule is Cc1ccc([C@H](OS(C)(=O)=O)[C@H]2COC(=O)N2Cc2ccccc2)cc1. The van der Waals surface area contributed by atoms with E-state index in [1.165, 1.54) is 4.90 Å². The van der Waals surface area contributed by atoms with Crippen molar-refractivity contribution in [2.24, 2.45) is 0 Å². The van der Waals surface area contributed by atoms with Crippen LogP contribution in [0.15, 0.2) is 54.6 Å². The minimum Gasteiger partial charge on any atom is -0.447 e. The van der Waals surface area contributed by atoms with Crippen LogP contribution in [0.5, 0.6) is 0 Å². The summed E-state index contributed by atoms with van der Waals surface area (Å²) in [5, 5.41) is 0. The fourth-order valence-electron chi connectivity index (χ4n) is 2.96. The summed E-state index contributed by atoms with van der Waals surface area (Å²) < 4.78 is 34.2. The van der Waals surface area contributed by atoms with Gasteiger partial charge >= 0.3 is 6.09 Å². The minimum absolute atomic E-state index is 0.0692. The molecule has 7 heteroatoms. The molecular weight excluding hydrogens is 354 g/mol. The maximum atomic E-state index is 12.2. The number of carbonyl (C=O) groups is 1. The van der Waals surface area contributed by atoms with Gasteiger partial charge in [0, 0.05) is 6.54 Å². The average molecular weight is 375 g/mol. The van der Waals surface area contributed by atoms with Crippen molar-refractivity contribution >= 4 is 16.2 Å². The standard InChI is InChI=1S/C19H21NO5S/c1-14-8-10-16(11-9-14)18(25-26(2,22)23)17-13-24-19(21)20(17)12-15-6-4-3-5-7-15/h3-11,17-18H,12-13H2,1-2H3/t17-,18+/m1/s1. The van der Waals surface area contributed by atoms with Crippen LogP contribution in [0.1, 0.15) is 22.8 Å². The predicted octanol–water partition coefficient (Wildman–Crippen LogP) is 3.03. The lowest BCUT2D eigenvalue weighted by molar-refractivity contribution is 0.110. The van der Waals surface area contributed by atoms with E-state index in [0.29, 0.717) is 12.1 Å². The van der Waals surface area contributed by atoms with Crippen molar-refractivity contribution in [2.75, 3.05) is 12.9 Å². The molecule has 0 unspecified atom stereocenters. The van der Waals surface area contributed by atoms with E-state index in [1.807, 2.05) is 61.5 Å². The van der Waals surface area contributed by atoms with Gasteiger partial charge in [-0.1, -0.05) is 60.2 Å². The number of ether oxygens (including phenoxy) is 1.